The third-order valence-corrected chi connectivity index (χ3v) is 6.01. The molecule has 1 heterocycles. The van der Waals surface area contributed by atoms with Gasteiger partial charge in [0, 0.05) is 17.5 Å². The van der Waals surface area contributed by atoms with E-state index in [1.54, 1.807) is 44.2 Å². The van der Waals surface area contributed by atoms with E-state index < -0.39 is 23.8 Å². The van der Waals surface area contributed by atoms with Crippen molar-refractivity contribution in [3.63, 3.8) is 0 Å². The lowest BCUT2D eigenvalue weighted by Gasteiger charge is -2.29. The number of carboxylic acids is 2. The van der Waals surface area contributed by atoms with E-state index in [2.05, 4.69) is 5.32 Å². The van der Waals surface area contributed by atoms with Crippen molar-refractivity contribution in [2.45, 2.75) is 64.4 Å². The second-order valence-corrected chi connectivity index (χ2v) is 8.26. The van der Waals surface area contributed by atoms with Crippen LogP contribution in [0.15, 0.2) is 52.9 Å². The molecule has 1 aromatic carbocycles. The molecule has 1 saturated carbocycles. The fraction of sp³-hybridized carbons (Fsp3) is 0.400. The van der Waals surface area contributed by atoms with Crippen molar-refractivity contribution in [3.8, 4) is 0 Å². The second kappa shape index (κ2) is 10.3. The molecule has 1 fully saturated rings. The van der Waals surface area contributed by atoms with Gasteiger partial charge in [-0.05, 0) is 56.7 Å². The summed E-state index contributed by atoms with van der Waals surface area (Å²) < 4.78 is 5.59. The van der Waals surface area contributed by atoms with Crippen molar-refractivity contribution < 1.29 is 29.3 Å². The van der Waals surface area contributed by atoms with Crippen LogP contribution in [0.1, 0.15) is 69.4 Å². The number of nitrogens with one attached hydrogen (secondary N) is 1. The normalized spacial score (nSPS) is 18.4. The summed E-state index contributed by atoms with van der Waals surface area (Å²) in [7, 11) is 0. The summed E-state index contributed by atoms with van der Waals surface area (Å²) in [5.41, 5.74) is 1.77. The Morgan fingerprint density at radius 1 is 0.938 bits per heavy atom. The first-order valence-corrected chi connectivity index (χ1v) is 10.9. The molecule has 32 heavy (non-hydrogen) atoms. The number of hydrogen-bond acceptors (Lipinski definition) is 5. The molecule has 2 aliphatic rings. The Kier molecular flexibility index (Phi) is 7.51. The highest BCUT2D eigenvalue weighted by atomic mass is 16.5. The van der Waals surface area contributed by atoms with Crippen LogP contribution in [0.25, 0.3) is 6.08 Å². The number of carbonyl (C=O) groups excluding carboxylic acids is 1. The molecule has 7 heteroatoms. The summed E-state index contributed by atoms with van der Waals surface area (Å²) in [4.78, 5) is 36.5. The largest absolute Gasteiger partial charge is 0.478 e. The number of allylic oxidation sites excluding steroid dienone is 2. The quantitative estimate of drug-likeness (QED) is 0.343. The summed E-state index contributed by atoms with van der Waals surface area (Å²) in [6.45, 7) is 3.22. The minimum Gasteiger partial charge on any atom is -0.478 e. The fourth-order valence-corrected chi connectivity index (χ4v) is 4.52. The zero-order chi connectivity index (χ0) is 23.3. The summed E-state index contributed by atoms with van der Waals surface area (Å²) in [6.07, 6.45) is 8.96. The highest BCUT2D eigenvalue weighted by Gasteiger charge is 2.37. The number of ether oxygens (including phenoxy) is 1. The van der Waals surface area contributed by atoms with Gasteiger partial charge in [0.25, 0.3) is 0 Å². The van der Waals surface area contributed by atoms with Crippen LogP contribution in [0.2, 0.25) is 0 Å². The molecule has 170 valence electrons. The van der Waals surface area contributed by atoms with Crippen LogP contribution in [0.3, 0.4) is 0 Å². The molecule has 1 aliphatic carbocycles. The Bertz CT molecular complexity index is 959. The number of dihydropyridines is 1. The zero-order valence-electron chi connectivity index (χ0n) is 18.4. The number of rotatable bonds is 6. The molecule has 7 nitrogen and oxygen atoms in total. The lowest BCUT2D eigenvalue weighted by atomic mass is 9.78. The van der Waals surface area contributed by atoms with Crippen LogP contribution in [0.4, 0.5) is 0 Å². The third kappa shape index (κ3) is 5.28. The lowest BCUT2D eigenvalue weighted by molar-refractivity contribution is -0.143. The van der Waals surface area contributed by atoms with Gasteiger partial charge in [0.2, 0.25) is 0 Å². The van der Waals surface area contributed by atoms with Crippen molar-refractivity contribution in [1.82, 2.24) is 5.32 Å². The minimum absolute atomic E-state index is 0.0325. The van der Waals surface area contributed by atoms with Crippen molar-refractivity contribution in [1.29, 1.82) is 0 Å². The van der Waals surface area contributed by atoms with Gasteiger partial charge in [0.1, 0.15) is 6.10 Å². The van der Waals surface area contributed by atoms with Gasteiger partial charge in [-0.3, -0.25) is 0 Å². The number of carbonyl (C=O) groups is 3. The molecule has 0 atom stereocenters. The van der Waals surface area contributed by atoms with Crippen LogP contribution in [0.5, 0.6) is 0 Å². The third-order valence-electron chi connectivity index (χ3n) is 6.01. The SMILES string of the molecule is CC1=C(C(=O)O)C(c2ccccc2C=CC(=O)OC2CCCCCC2)C(C(=O)O)=C(C)N1. The first-order chi connectivity index (χ1) is 15.3. The molecule has 0 spiro atoms. The van der Waals surface area contributed by atoms with Gasteiger partial charge in [-0.1, -0.05) is 37.1 Å². The molecule has 0 bridgehead atoms. The number of carboxylic acid groups (broad SMARTS) is 2. The highest BCUT2D eigenvalue weighted by Crippen LogP contribution is 2.40. The summed E-state index contributed by atoms with van der Waals surface area (Å²) in [5.74, 6) is -3.83. The second-order valence-electron chi connectivity index (χ2n) is 8.26. The summed E-state index contributed by atoms with van der Waals surface area (Å²) in [5, 5.41) is 22.5. The molecule has 0 unspecified atom stereocenters. The van der Waals surface area contributed by atoms with Crippen molar-refractivity contribution in [2.24, 2.45) is 0 Å². The fourth-order valence-electron chi connectivity index (χ4n) is 4.52. The molecular formula is C25H29NO6. The van der Waals surface area contributed by atoms with E-state index in [9.17, 15) is 24.6 Å². The average Bonchev–Trinajstić information content (AvgIpc) is 3.00. The Hall–Kier alpha value is -3.35. The number of benzene rings is 1. The molecular weight excluding hydrogens is 410 g/mol. The Morgan fingerprint density at radius 2 is 1.50 bits per heavy atom. The molecule has 0 radical (unpaired) electrons. The molecule has 1 aliphatic heterocycles. The molecule has 0 saturated heterocycles. The van der Waals surface area contributed by atoms with Gasteiger partial charge in [0.05, 0.1) is 17.1 Å². The van der Waals surface area contributed by atoms with Crippen molar-refractivity contribution in [2.75, 3.05) is 0 Å². The average molecular weight is 440 g/mol. The van der Waals surface area contributed by atoms with Crippen LogP contribution in [-0.2, 0) is 19.1 Å². The maximum Gasteiger partial charge on any atom is 0.334 e. The predicted octanol–water partition coefficient (Wildman–Crippen LogP) is 4.37. The van der Waals surface area contributed by atoms with E-state index in [0.717, 1.165) is 38.5 Å². The predicted molar refractivity (Wildman–Crippen MR) is 120 cm³/mol. The lowest BCUT2D eigenvalue weighted by Crippen LogP contribution is -2.31. The van der Waals surface area contributed by atoms with Gasteiger partial charge in [-0.25, -0.2) is 14.4 Å². The van der Waals surface area contributed by atoms with Gasteiger partial charge >= 0.3 is 17.9 Å². The van der Waals surface area contributed by atoms with Gasteiger partial charge < -0.3 is 20.3 Å². The first kappa shape index (κ1) is 23.3. The van der Waals surface area contributed by atoms with E-state index in [-0.39, 0.29) is 17.3 Å². The Labute approximate surface area is 187 Å². The van der Waals surface area contributed by atoms with E-state index in [1.165, 1.54) is 6.08 Å². The van der Waals surface area contributed by atoms with Gasteiger partial charge in [-0.15, -0.1) is 0 Å². The Balaban J connectivity index is 1.94. The van der Waals surface area contributed by atoms with Gasteiger partial charge in [0.15, 0.2) is 0 Å². The topological polar surface area (TPSA) is 113 Å². The summed E-state index contributed by atoms with van der Waals surface area (Å²) in [6, 6.07) is 6.91. The van der Waals surface area contributed by atoms with Crippen molar-refractivity contribution in [3.05, 3.63) is 64.0 Å². The molecule has 0 amide bonds. The van der Waals surface area contributed by atoms with E-state index in [1.807, 2.05) is 0 Å². The highest BCUT2D eigenvalue weighted by molar-refractivity contribution is 5.99. The smallest absolute Gasteiger partial charge is 0.334 e. The molecule has 3 N–H and O–H groups in total. The molecule has 1 aromatic rings. The van der Waals surface area contributed by atoms with E-state index >= 15 is 0 Å². The zero-order valence-corrected chi connectivity index (χ0v) is 18.4. The van der Waals surface area contributed by atoms with Crippen molar-refractivity contribution >= 4 is 24.0 Å². The van der Waals surface area contributed by atoms with Crippen LogP contribution in [-0.4, -0.2) is 34.2 Å². The van der Waals surface area contributed by atoms with Gasteiger partial charge in [-0.2, -0.15) is 0 Å². The Morgan fingerprint density at radius 3 is 2.06 bits per heavy atom. The molecule has 0 aromatic heterocycles. The number of aliphatic carboxylic acids is 2. The first-order valence-electron chi connectivity index (χ1n) is 10.9. The van der Waals surface area contributed by atoms with E-state index in [0.29, 0.717) is 22.5 Å². The number of esters is 1. The minimum atomic E-state index is -1.20. The maximum absolute atomic E-state index is 12.4. The molecule has 3 rings (SSSR count). The van der Waals surface area contributed by atoms with E-state index in [4.69, 9.17) is 4.74 Å². The standard InChI is InChI=1S/C25H29NO6/c1-15-21(24(28)29)23(22(25(30)31)16(2)26-15)19-12-8-7-9-17(19)13-14-20(27)32-18-10-5-3-4-6-11-18/h7-9,12-14,18,23,26H,3-6,10-11H2,1-2H3,(H,28,29)(H,30,31). The monoisotopic (exact) mass is 439 g/mol. The van der Waals surface area contributed by atoms with Crippen LogP contribution < -0.4 is 5.32 Å². The maximum atomic E-state index is 12.4. The van der Waals surface area contributed by atoms with Crippen LogP contribution >= 0.6 is 0 Å². The summed E-state index contributed by atoms with van der Waals surface area (Å²) >= 11 is 0. The number of hydrogen-bond donors (Lipinski definition) is 3. The van der Waals surface area contributed by atoms with Crippen LogP contribution in [0, 0.1) is 0 Å².